The van der Waals surface area contributed by atoms with Gasteiger partial charge < -0.3 is 33.7 Å². The maximum Gasteiger partial charge on any atom is 0.394 e. The number of benzene rings is 3. The molecule has 4 aliphatic heterocycles. The van der Waals surface area contributed by atoms with E-state index in [9.17, 15) is 18.3 Å². The van der Waals surface area contributed by atoms with Crippen molar-refractivity contribution in [3.8, 4) is 28.5 Å². The van der Waals surface area contributed by atoms with Crippen LogP contribution < -0.4 is 19.3 Å². The number of phenols is 1. The second kappa shape index (κ2) is 15.3. The fourth-order valence-corrected chi connectivity index (χ4v) is 8.69. The van der Waals surface area contributed by atoms with Gasteiger partial charge in [-0.1, -0.05) is 24.3 Å². The Morgan fingerprint density at radius 3 is 2.36 bits per heavy atom. The molecule has 3 aromatic carbocycles. The second-order valence-corrected chi connectivity index (χ2v) is 15.5. The normalized spacial score (nSPS) is 17.5. The Hall–Kier alpha value is -6.06. The lowest BCUT2D eigenvalue weighted by Gasteiger charge is -2.40. The summed E-state index contributed by atoms with van der Waals surface area (Å²) < 4.78 is 62.1. The number of fused-ring (bicyclic) bond motifs is 3. The molecule has 0 unspecified atom stereocenters. The van der Waals surface area contributed by atoms with E-state index < -0.39 is 18.5 Å². The zero-order valence-corrected chi connectivity index (χ0v) is 32.7. The highest BCUT2D eigenvalue weighted by molar-refractivity contribution is 6.13. The molecule has 1 atom stereocenters. The molecule has 0 aliphatic carbocycles. The van der Waals surface area contributed by atoms with Crippen LogP contribution in [0, 0.1) is 0 Å². The number of carbonyl (C=O) groups excluding carboxylic acids is 2. The molecule has 2 aromatic heterocycles. The highest BCUT2D eigenvalue weighted by atomic mass is 19.4. The third-order valence-corrected chi connectivity index (χ3v) is 11.7. The van der Waals surface area contributed by atoms with E-state index in [1.807, 2.05) is 41.1 Å². The van der Waals surface area contributed by atoms with Gasteiger partial charge in [0.05, 0.1) is 42.6 Å². The van der Waals surface area contributed by atoms with Crippen LogP contribution in [0.5, 0.6) is 17.2 Å². The van der Waals surface area contributed by atoms with Crippen molar-refractivity contribution >= 4 is 29.0 Å². The number of ether oxygens (including phenoxy) is 3. The fraction of sp³-hybridized carbons (Fsp3) is 0.341. The first-order valence-electron chi connectivity index (χ1n) is 19.6. The molecule has 59 heavy (non-hydrogen) atoms. The second-order valence-electron chi connectivity index (χ2n) is 15.5. The topological polar surface area (TPSA) is 113 Å². The molecule has 4 aliphatic rings. The number of aromatic nitrogens is 2. The lowest BCUT2D eigenvalue weighted by molar-refractivity contribution is -0.128. The van der Waals surface area contributed by atoms with Crippen molar-refractivity contribution in [1.82, 2.24) is 19.4 Å². The molecule has 0 spiro atoms. The molecular formula is C44H43F3N6O6. The van der Waals surface area contributed by atoms with Crippen molar-refractivity contribution in [2.75, 3.05) is 63.0 Å². The molecule has 0 saturated carbocycles. The van der Waals surface area contributed by atoms with Crippen LogP contribution in [0.25, 0.3) is 11.3 Å². The number of hydrogen-bond acceptors (Lipinski definition) is 9. The predicted molar refractivity (Wildman–Crippen MR) is 214 cm³/mol. The Kier molecular flexibility index (Phi) is 9.96. The molecule has 0 bridgehead atoms. The van der Waals surface area contributed by atoms with Gasteiger partial charge in [0.25, 0.3) is 11.8 Å². The van der Waals surface area contributed by atoms with E-state index in [0.717, 1.165) is 42.1 Å². The number of alkyl halides is 3. The standard InChI is InChI=1S/C44H43F3N6O6/c1-49-12-11-28-18-31(23-48-41(28)49)53(30-7-9-33(54)10-8-30)43(56)36-19-37(50(2)38(36)22-44(45,46)47)34-20-39-40(59-26-58-39)21-35(34)42(55)52-24-29-6-4-3-5-27(29)17-32(52)25-51-13-15-57-16-14-51/h3-10,18-21,23,32,54H,11-17,22,24-26H2,1-2H3/t32-/m0/s1. The molecular weight excluding hydrogens is 766 g/mol. The van der Waals surface area contributed by atoms with Crippen LogP contribution >= 0.6 is 0 Å². The Morgan fingerprint density at radius 1 is 0.881 bits per heavy atom. The van der Waals surface area contributed by atoms with Gasteiger partial charge in [0.1, 0.15) is 11.6 Å². The Morgan fingerprint density at radius 2 is 1.61 bits per heavy atom. The number of aromatic hydroxyl groups is 1. The van der Waals surface area contributed by atoms with Crippen LogP contribution in [-0.4, -0.2) is 102 Å². The number of anilines is 3. The number of carbonyl (C=O) groups is 2. The summed E-state index contributed by atoms with van der Waals surface area (Å²) in [6.45, 7) is 4.25. The SMILES string of the molecule is CN1CCc2cc(N(C(=O)c3cc(-c4cc5c(cc4C(=O)N4Cc6ccccc6C[C@H]4CN4CCOCC4)OCO5)n(C)c3CC(F)(F)F)c3ccc(O)cc3)cnc21. The van der Waals surface area contributed by atoms with Crippen LogP contribution in [0.15, 0.2) is 79.0 Å². The summed E-state index contributed by atoms with van der Waals surface area (Å²) in [5.41, 5.74) is 3.97. The van der Waals surface area contributed by atoms with E-state index in [2.05, 4.69) is 16.0 Å². The molecule has 306 valence electrons. The number of nitrogens with zero attached hydrogens (tertiary/aromatic N) is 6. The number of pyridine rings is 1. The molecule has 15 heteroatoms. The number of amides is 2. The number of phenolic OH excluding ortho intramolecular Hbond substituents is 1. The number of likely N-dealkylation sites (N-methyl/N-ethyl adjacent to an activating group) is 1. The minimum atomic E-state index is -4.69. The summed E-state index contributed by atoms with van der Waals surface area (Å²) in [5, 5.41) is 10.1. The van der Waals surface area contributed by atoms with E-state index in [4.69, 9.17) is 14.2 Å². The average molecular weight is 809 g/mol. The van der Waals surface area contributed by atoms with Crippen LogP contribution in [0.4, 0.5) is 30.4 Å². The van der Waals surface area contributed by atoms with E-state index in [1.54, 1.807) is 12.1 Å². The molecule has 5 aromatic rings. The van der Waals surface area contributed by atoms with Crippen molar-refractivity contribution in [1.29, 1.82) is 0 Å². The van der Waals surface area contributed by atoms with Crippen LogP contribution in [-0.2, 0) is 37.6 Å². The summed E-state index contributed by atoms with van der Waals surface area (Å²) in [5.74, 6) is 0.328. The lowest BCUT2D eigenvalue weighted by atomic mass is 9.92. The largest absolute Gasteiger partial charge is 0.508 e. The maximum atomic E-state index is 15.1. The number of rotatable bonds is 8. The third-order valence-electron chi connectivity index (χ3n) is 11.7. The fourth-order valence-electron chi connectivity index (χ4n) is 8.69. The Bertz CT molecular complexity index is 2430. The first-order valence-corrected chi connectivity index (χ1v) is 19.6. The molecule has 0 radical (unpaired) electrons. The first kappa shape index (κ1) is 38.5. The van der Waals surface area contributed by atoms with Gasteiger partial charge >= 0.3 is 6.18 Å². The molecule has 9 rings (SSSR count). The summed E-state index contributed by atoms with van der Waals surface area (Å²) >= 11 is 0. The van der Waals surface area contributed by atoms with E-state index >= 15 is 9.59 Å². The van der Waals surface area contributed by atoms with Gasteiger partial charge in [0.15, 0.2) is 11.5 Å². The van der Waals surface area contributed by atoms with Gasteiger partial charge in [0.2, 0.25) is 6.79 Å². The third kappa shape index (κ3) is 7.44. The van der Waals surface area contributed by atoms with Gasteiger partial charge in [0, 0.05) is 75.5 Å². The first-order chi connectivity index (χ1) is 28.4. The van der Waals surface area contributed by atoms with Crippen molar-refractivity contribution in [3.63, 3.8) is 0 Å². The van der Waals surface area contributed by atoms with Gasteiger partial charge in [-0.15, -0.1) is 0 Å². The summed E-state index contributed by atoms with van der Waals surface area (Å²) in [6.07, 6.45) is -3.28. The smallest absolute Gasteiger partial charge is 0.394 e. The maximum absolute atomic E-state index is 15.1. The molecule has 1 saturated heterocycles. The Labute approximate surface area is 338 Å². The minimum absolute atomic E-state index is 0.0426. The van der Waals surface area contributed by atoms with Crippen LogP contribution in [0.1, 0.15) is 43.1 Å². The molecule has 12 nitrogen and oxygen atoms in total. The number of hydrogen-bond donors (Lipinski definition) is 1. The minimum Gasteiger partial charge on any atom is -0.508 e. The molecule has 1 fully saturated rings. The average Bonchev–Trinajstić information content (AvgIpc) is 3.94. The van der Waals surface area contributed by atoms with Gasteiger partial charge in [-0.25, -0.2) is 4.98 Å². The van der Waals surface area contributed by atoms with Gasteiger partial charge in [-0.2, -0.15) is 13.2 Å². The predicted octanol–water partition coefficient (Wildman–Crippen LogP) is 6.50. The quantitative estimate of drug-likeness (QED) is 0.188. The van der Waals surface area contributed by atoms with Crippen LogP contribution in [0.2, 0.25) is 0 Å². The number of morpholine rings is 1. The van der Waals surface area contributed by atoms with E-state index in [0.29, 0.717) is 67.6 Å². The van der Waals surface area contributed by atoms with Crippen molar-refractivity contribution < 1.29 is 42.1 Å². The van der Waals surface area contributed by atoms with Gasteiger partial charge in [-0.3, -0.25) is 19.4 Å². The monoisotopic (exact) mass is 808 g/mol. The van der Waals surface area contributed by atoms with E-state index in [-0.39, 0.29) is 47.0 Å². The van der Waals surface area contributed by atoms with Crippen molar-refractivity contribution in [3.05, 3.63) is 113 Å². The lowest BCUT2D eigenvalue weighted by Crippen LogP contribution is -2.52. The highest BCUT2D eigenvalue weighted by Crippen LogP contribution is 2.43. The highest BCUT2D eigenvalue weighted by Gasteiger charge is 2.38. The van der Waals surface area contributed by atoms with E-state index in [1.165, 1.54) is 53.0 Å². The van der Waals surface area contributed by atoms with Crippen molar-refractivity contribution in [2.45, 2.75) is 38.0 Å². The Balaban J connectivity index is 1.17. The molecule has 6 heterocycles. The van der Waals surface area contributed by atoms with Crippen LogP contribution in [0.3, 0.4) is 0 Å². The zero-order chi connectivity index (χ0) is 41.0. The van der Waals surface area contributed by atoms with Crippen molar-refractivity contribution in [2.24, 2.45) is 7.05 Å². The molecule has 2 amide bonds. The summed E-state index contributed by atoms with van der Waals surface area (Å²) in [6, 6.07) is 20.2. The summed E-state index contributed by atoms with van der Waals surface area (Å²) in [4.78, 5) is 42.2. The summed E-state index contributed by atoms with van der Waals surface area (Å²) in [7, 11) is 3.39. The molecule has 1 N–H and O–H groups in total. The zero-order valence-electron chi connectivity index (χ0n) is 32.7. The number of halogens is 3. The van der Waals surface area contributed by atoms with Gasteiger partial charge in [-0.05, 0) is 78.1 Å².